The Balaban J connectivity index is 1.27. The van der Waals surface area contributed by atoms with Gasteiger partial charge in [0.2, 0.25) is 0 Å². The van der Waals surface area contributed by atoms with E-state index in [1.807, 2.05) is 60.7 Å². The van der Waals surface area contributed by atoms with Gasteiger partial charge in [0.1, 0.15) is 11.2 Å². The first-order valence-corrected chi connectivity index (χ1v) is 14.7. The molecule has 0 amide bonds. The Morgan fingerprint density at radius 2 is 1.36 bits per heavy atom. The lowest BCUT2D eigenvalue weighted by atomic mass is 9.82. The molecule has 0 atom stereocenters. The summed E-state index contributed by atoms with van der Waals surface area (Å²) in [5.74, 6) is 0. The summed E-state index contributed by atoms with van der Waals surface area (Å²) in [4.78, 5) is 1.66. The second-order valence-electron chi connectivity index (χ2n) is 11.7. The third-order valence-corrected chi connectivity index (χ3v) is 8.77. The van der Waals surface area contributed by atoms with E-state index < -0.39 is 83.0 Å². The molecule has 2 nitrogen and oxygen atoms in total. The van der Waals surface area contributed by atoms with Gasteiger partial charge in [0, 0.05) is 38.8 Å². The van der Waals surface area contributed by atoms with Gasteiger partial charge >= 0.3 is 0 Å². The van der Waals surface area contributed by atoms with Crippen LogP contribution < -0.4 is 4.90 Å². The van der Waals surface area contributed by atoms with Gasteiger partial charge in [0.05, 0.1) is 15.1 Å². The van der Waals surface area contributed by atoms with Gasteiger partial charge in [-0.1, -0.05) is 117 Å². The normalized spacial score (nSPS) is 16.7. The summed E-state index contributed by atoms with van der Waals surface area (Å²) in [6.45, 7) is 4.27. The van der Waals surface area contributed by atoms with Crippen molar-refractivity contribution in [2.75, 3.05) is 4.90 Å². The number of furan rings is 1. The number of hydrogen-bond donors (Lipinski definition) is 0. The molecule has 0 unspecified atom stereocenters. The second-order valence-corrected chi connectivity index (χ2v) is 11.7. The minimum atomic E-state index is -0.639. The van der Waals surface area contributed by atoms with Crippen LogP contribution in [0.15, 0.2) is 156 Å². The van der Waals surface area contributed by atoms with Crippen molar-refractivity contribution in [2.24, 2.45) is 0 Å². The van der Waals surface area contributed by atoms with Gasteiger partial charge in [-0.25, -0.2) is 0 Å². The molecule has 0 N–H and O–H groups in total. The van der Waals surface area contributed by atoms with Crippen LogP contribution in [-0.2, 0) is 5.41 Å². The van der Waals surface area contributed by atoms with Crippen LogP contribution in [0.2, 0.25) is 0 Å². The van der Waals surface area contributed by atoms with Gasteiger partial charge in [-0.05, 0) is 87.0 Å². The van der Waals surface area contributed by atoms with Crippen LogP contribution in [0.1, 0.15) is 40.1 Å². The van der Waals surface area contributed by atoms with Crippen LogP contribution in [0.25, 0.3) is 55.0 Å². The van der Waals surface area contributed by atoms with Gasteiger partial charge in [-0.15, -0.1) is 0 Å². The third-order valence-electron chi connectivity index (χ3n) is 8.77. The zero-order chi connectivity index (χ0) is 39.7. The maximum absolute atomic E-state index is 9.39. The van der Waals surface area contributed by atoms with Crippen molar-refractivity contribution < 1.29 is 19.5 Å². The highest BCUT2D eigenvalue weighted by Crippen LogP contribution is 2.54. The summed E-state index contributed by atoms with van der Waals surface area (Å²) in [5.41, 5.74) is 5.38. The lowest BCUT2D eigenvalue weighted by molar-refractivity contribution is 0.653. The Bertz CT molecular complexity index is 3000. The van der Waals surface area contributed by atoms with Crippen LogP contribution in [0.5, 0.6) is 0 Å². The summed E-state index contributed by atoms with van der Waals surface area (Å²) in [6, 6.07) is 20.8. The van der Waals surface area contributed by atoms with Crippen molar-refractivity contribution in [3.8, 4) is 22.3 Å². The summed E-state index contributed by atoms with van der Waals surface area (Å²) >= 11 is 0. The highest BCUT2D eigenvalue weighted by molar-refractivity contribution is 6.12. The lowest BCUT2D eigenvalue weighted by Gasteiger charge is -2.28. The predicted molar refractivity (Wildman–Crippen MR) is 189 cm³/mol. The molecule has 1 heterocycles. The molecule has 0 bridgehead atoms. The number of fused-ring (bicyclic) bond motifs is 8. The number of nitrogens with zero attached hydrogens (tertiary/aromatic N) is 1. The molecule has 0 radical (unpaired) electrons. The van der Waals surface area contributed by atoms with Gasteiger partial charge < -0.3 is 9.32 Å². The smallest absolute Gasteiger partial charge is 0.143 e. The van der Waals surface area contributed by atoms with E-state index in [1.165, 1.54) is 0 Å². The summed E-state index contributed by atoms with van der Waals surface area (Å²) in [7, 11) is 0. The highest BCUT2D eigenvalue weighted by Gasteiger charge is 2.38. The fourth-order valence-electron chi connectivity index (χ4n) is 6.56. The number of benzene rings is 7. The topological polar surface area (TPSA) is 16.4 Å². The number of para-hydroxylation sites is 2. The molecular weight excluding hydrogens is 546 g/mol. The molecule has 7 aromatic carbocycles. The first-order valence-electron chi connectivity index (χ1n) is 20.2. The molecule has 0 spiro atoms. The summed E-state index contributed by atoms with van der Waals surface area (Å²) in [5, 5.41) is 1.38. The monoisotopic (exact) mass is 588 g/mol. The van der Waals surface area contributed by atoms with Crippen LogP contribution >= 0.6 is 0 Å². The molecule has 214 valence electrons. The van der Waals surface area contributed by atoms with Crippen LogP contribution in [0.3, 0.4) is 0 Å². The maximum atomic E-state index is 9.39. The van der Waals surface area contributed by atoms with E-state index in [4.69, 9.17) is 14.0 Å². The minimum absolute atomic E-state index is 0.0743. The fourth-order valence-corrected chi connectivity index (χ4v) is 6.56. The molecule has 1 aliphatic carbocycles. The van der Waals surface area contributed by atoms with E-state index in [2.05, 4.69) is 26.0 Å². The molecule has 2 heteroatoms. The fraction of sp³-hybridized carbons (Fsp3) is 0.0698. The average Bonchev–Trinajstić information content (AvgIpc) is 3.68. The minimum Gasteiger partial charge on any atom is -0.455 e. The lowest BCUT2D eigenvalue weighted by Crippen LogP contribution is -2.16. The highest BCUT2D eigenvalue weighted by atomic mass is 16.3. The zero-order valence-electron chi connectivity index (χ0n) is 35.4. The first-order chi connectivity index (χ1) is 26.7. The van der Waals surface area contributed by atoms with Crippen molar-refractivity contribution in [1.29, 1.82) is 0 Å². The molecule has 0 aliphatic heterocycles. The van der Waals surface area contributed by atoms with Crippen molar-refractivity contribution >= 4 is 49.8 Å². The second kappa shape index (κ2) is 9.70. The molecule has 8 aromatic rings. The Labute approximate surface area is 278 Å². The van der Waals surface area contributed by atoms with E-state index in [9.17, 15) is 5.48 Å². The van der Waals surface area contributed by atoms with Gasteiger partial charge in [-0.2, -0.15) is 0 Å². The van der Waals surface area contributed by atoms with Crippen LogP contribution in [0.4, 0.5) is 17.1 Å². The summed E-state index contributed by atoms with van der Waals surface area (Å²) in [6.07, 6.45) is 0. The standard InChI is InChI=1S/C43H31NO/c1-43(2)38-25-24-36-35-14-8-9-15-40(35)45-42(36)41(38)37-23-22-34(27-39(37)43)44(32-12-4-3-5-13-32)33-20-18-29(19-21-33)31-17-16-28-10-6-7-11-30(28)26-31/h3-27H,1-2H3/i6D,7D,10D,11D,16D,17D,18D,19D,20D,21D,26D. The van der Waals surface area contributed by atoms with Crippen molar-refractivity contribution in [3.63, 3.8) is 0 Å². The largest absolute Gasteiger partial charge is 0.455 e. The molecule has 1 aliphatic rings. The molecular formula is C43H31NO. The quantitative estimate of drug-likeness (QED) is 0.203. The van der Waals surface area contributed by atoms with Crippen molar-refractivity contribution in [1.82, 2.24) is 0 Å². The number of hydrogen-bond acceptors (Lipinski definition) is 2. The Morgan fingerprint density at radius 1 is 0.600 bits per heavy atom. The third kappa shape index (κ3) is 3.96. The molecule has 0 saturated heterocycles. The van der Waals surface area contributed by atoms with E-state index >= 15 is 0 Å². The average molecular weight is 589 g/mol. The molecule has 1 aromatic heterocycles. The van der Waals surface area contributed by atoms with Crippen molar-refractivity contribution in [2.45, 2.75) is 19.3 Å². The van der Waals surface area contributed by atoms with Crippen molar-refractivity contribution in [3.05, 3.63) is 163 Å². The predicted octanol–water partition coefficient (Wildman–Crippen LogP) is 12.2. The first kappa shape index (κ1) is 17.0. The molecule has 45 heavy (non-hydrogen) atoms. The summed E-state index contributed by atoms with van der Waals surface area (Å²) < 4.78 is 104. The zero-order valence-corrected chi connectivity index (χ0v) is 24.4. The van der Waals surface area contributed by atoms with Crippen LogP contribution in [0, 0.1) is 0 Å². The van der Waals surface area contributed by atoms with E-state index in [1.54, 1.807) is 17.0 Å². The van der Waals surface area contributed by atoms with Gasteiger partial charge in [0.15, 0.2) is 0 Å². The van der Waals surface area contributed by atoms with E-state index in [0.717, 1.165) is 44.2 Å². The van der Waals surface area contributed by atoms with Crippen LogP contribution in [-0.4, -0.2) is 0 Å². The number of anilines is 3. The Morgan fingerprint density at radius 3 is 2.20 bits per heavy atom. The van der Waals surface area contributed by atoms with Gasteiger partial charge in [-0.3, -0.25) is 0 Å². The van der Waals surface area contributed by atoms with E-state index in [-0.39, 0.29) is 16.5 Å². The Hall–Kier alpha value is -5.60. The van der Waals surface area contributed by atoms with E-state index in [0.29, 0.717) is 11.4 Å². The molecule has 9 rings (SSSR count). The Kier molecular flexibility index (Phi) is 3.67. The number of rotatable bonds is 4. The molecule has 0 saturated carbocycles. The van der Waals surface area contributed by atoms with Gasteiger partial charge in [0.25, 0.3) is 0 Å². The SMILES string of the molecule is [2H]c1c([2H])c(N(c2ccccc2)c2ccc3c(c2)C(C)(C)c2ccc4c(oc5ccccc54)c2-3)c([2H])c([2H])c1-c1c([2H])c([2H])c2c([2H])c([2H])c([2H])c([2H])c2c1[2H]. The molecule has 0 fully saturated rings. The maximum Gasteiger partial charge on any atom is 0.143 e.